The molecule has 3 aromatic rings. The van der Waals surface area contributed by atoms with Gasteiger partial charge in [0.2, 0.25) is 19.3 Å². The van der Waals surface area contributed by atoms with Crippen LogP contribution in [-0.4, -0.2) is 31.1 Å². The average molecular weight is 436 g/mol. The first-order valence-electron chi connectivity index (χ1n) is 8.68. The van der Waals surface area contributed by atoms with Crippen LogP contribution in [0.15, 0.2) is 52.9 Å². The zero-order valence-corrected chi connectivity index (χ0v) is 17.1. The van der Waals surface area contributed by atoms with Crippen LogP contribution in [0.3, 0.4) is 0 Å². The number of nitrogens with zero attached hydrogens (tertiary/aromatic N) is 2. The number of halogens is 1. The van der Waals surface area contributed by atoms with Crippen LogP contribution in [-0.2, 0) is 26.8 Å². The lowest BCUT2D eigenvalue weighted by atomic mass is 10.2. The van der Waals surface area contributed by atoms with Crippen molar-refractivity contribution in [1.29, 1.82) is 0 Å². The summed E-state index contributed by atoms with van der Waals surface area (Å²) in [6.45, 7) is 1.79. The molecule has 0 aliphatic rings. The van der Waals surface area contributed by atoms with E-state index in [4.69, 9.17) is 4.74 Å². The summed E-state index contributed by atoms with van der Waals surface area (Å²) in [6, 6.07) is 12.5. The highest BCUT2D eigenvalue weighted by atomic mass is 32.2. The second kappa shape index (κ2) is 9.10. The van der Waals surface area contributed by atoms with Crippen LogP contribution in [0.1, 0.15) is 18.1 Å². The molecular weight excluding hydrogens is 417 g/mol. The highest BCUT2D eigenvalue weighted by Gasteiger charge is 2.22. The molecule has 2 aromatic carbocycles. The maximum atomic E-state index is 13.0. The summed E-state index contributed by atoms with van der Waals surface area (Å²) >= 11 is 0.745. The fourth-order valence-corrected chi connectivity index (χ4v) is 4.71. The summed E-state index contributed by atoms with van der Waals surface area (Å²) in [5, 5.41) is 9.86. The number of rotatable bonds is 8. The van der Waals surface area contributed by atoms with Crippen LogP contribution in [0.4, 0.5) is 9.52 Å². The monoisotopic (exact) mass is 435 g/mol. The first-order valence-corrected chi connectivity index (χ1v) is 11.1. The summed E-state index contributed by atoms with van der Waals surface area (Å²) in [5.41, 5.74) is 1.58. The van der Waals surface area contributed by atoms with Gasteiger partial charge in [-0.2, -0.15) is 0 Å². The van der Waals surface area contributed by atoms with Gasteiger partial charge in [-0.3, -0.25) is 10.1 Å². The lowest BCUT2D eigenvalue weighted by Gasteiger charge is -2.06. The number of hydrogen-bond acceptors (Lipinski definition) is 7. The van der Waals surface area contributed by atoms with E-state index in [2.05, 4.69) is 15.5 Å². The first kappa shape index (κ1) is 20.9. The van der Waals surface area contributed by atoms with Gasteiger partial charge < -0.3 is 4.74 Å². The van der Waals surface area contributed by atoms with Gasteiger partial charge in [0.25, 0.3) is 5.91 Å². The van der Waals surface area contributed by atoms with Crippen LogP contribution in [0.2, 0.25) is 0 Å². The number of carbonyl (C=O) groups is 1. The molecule has 0 unspecified atom stereocenters. The molecule has 0 atom stereocenters. The number of ether oxygens (including phenoxy) is 1. The molecule has 0 aliphatic heterocycles. The van der Waals surface area contributed by atoms with Gasteiger partial charge in [-0.25, -0.2) is 12.8 Å². The van der Waals surface area contributed by atoms with Crippen molar-refractivity contribution in [1.82, 2.24) is 10.2 Å². The van der Waals surface area contributed by atoms with Gasteiger partial charge in [0, 0.05) is 0 Å². The van der Waals surface area contributed by atoms with E-state index >= 15 is 0 Å². The van der Waals surface area contributed by atoms with Gasteiger partial charge in [0.1, 0.15) is 11.6 Å². The molecular formula is C19H18FN3O4S2. The number of nitrogens with one attached hydrogen (secondary N) is 1. The Balaban J connectivity index is 1.57. The van der Waals surface area contributed by atoms with Crippen molar-refractivity contribution in [2.75, 3.05) is 11.9 Å². The van der Waals surface area contributed by atoms with Crippen LogP contribution in [0.5, 0.6) is 5.75 Å². The van der Waals surface area contributed by atoms with Gasteiger partial charge in [0.15, 0.2) is 6.61 Å². The summed E-state index contributed by atoms with van der Waals surface area (Å²) in [6.07, 6.45) is 0.907. The molecule has 0 saturated carbocycles. The molecule has 0 fully saturated rings. The number of benzene rings is 2. The van der Waals surface area contributed by atoms with Gasteiger partial charge in [-0.15, -0.1) is 10.2 Å². The fraction of sp³-hybridized carbons (Fsp3) is 0.211. The van der Waals surface area contributed by atoms with Gasteiger partial charge in [-0.05, 0) is 41.8 Å². The van der Waals surface area contributed by atoms with Crippen molar-refractivity contribution < 1.29 is 22.3 Å². The van der Waals surface area contributed by atoms with Crippen molar-refractivity contribution in [3.05, 3.63) is 65.5 Å². The molecule has 152 valence electrons. The van der Waals surface area contributed by atoms with E-state index in [0.29, 0.717) is 11.3 Å². The van der Waals surface area contributed by atoms with Crippen molar-refractivity contribution in [3.8, 4) is 5.75 Å². The molecule has 0 bridgehead atoms. The predicted octanol–water partition coefficient (Wildman–Crippen LogP) is 3.23. The van der Waals surface area contributed by atoms with Crippen LogP contribution >= 0.6 is 11.3 Å². The molecule has 1 heterocycles. The summed E-state index contributed by atoms with van der Waals surface area (Å²) in [4.78, 5) is 12.0. The maximum absolute atomic E-state index is 13.0. The Hall–Kier alpha value is -2.85. The second-order valence-corrected chi connectivity index (χ2v) is 9.23. The average Bonchev–Trinajstić information content (AvgIpc) is 3.18. The zero-order chi connectivity index (χ0) is 20.9. The normalized spacial score (nSPS) is 11.2. The van der Waals surface area contributed by atoms with E-state index in [0.717, 1.165) is 23.3 Å². The Morgan fingerprint density at radius 3 is 2.38 bits per heavy atom. The number of sulfone groups is 1. The minimum absolute atomic E-state index is 0.0533. The minimum atomic E-state index is -3.76. The number of carbonyl (C=O) groups excluding carboxylic acids is 1. The molecule has 0 spiro atoms. The summed E-state index contributed by atoms with van der Waals surface area (Å²) in [5.74, 6) is -0.719. The standard InChI is InChI=1S/C19H18FN3O4S2/c1-2-13-5-9-16(10-6-13)27-11-17(24)21-18-22-23-19(28-18)29(25,26)12-14-3-7-15(20)8-4-14/h3-10H,2,11-12H2,1H3,(H,21,22,24). The quantitative estimate of drug-likeness (QED) is 0.546. The van der Waals surface area contributed by atoms with Crippen LogP contribution in [0.25, 0.3) is 0 Å². The van der Waals surface area contributed by atoms with Gasteiger partial charge >= 0.3 is 0 Å². The highest BCUT2D eigenvalue weighted by molar-refractivity contribution is 7.92. The summed E-state index contributed by atoms with van der Waals surface area (Å²) < 4.78 is 43.0. The highest BCUT2D eigenvalue weighted by Crippen LogP contribution is 2.23. The predicted molar refractivity (Wildman–Crippen MR) is 107 cm³/mol. The topological polar surface area (TPSA) is 98.2 Å². The molecule has 1 N–H and O–H groups in total. The minimum Gasteiger partial charge on any atom is -0.484 e. The number of aromatic nitrogens is 2. The van der Waals surface area contributed by atoms with E-state index in [-0.39, 0.29) is 21.8 Å². The second-order valence-electron chi connectivity index (χ2n) is 6.09. The van der Waals surface area contributed by atoms with E-state index in [9.17, 15) is 17.6 Å². The molecule has 10 heteroatoms. The van der Waals surface area contributed by atoms with Crippen molar-refractivity contribution in [3.63, 3.8) is 0 Å². The SMILES string of the molecule is CCc1ccc(OCC(=O)Nc2nnc(S(=O)(=O)Cc3ccc(F)cc3)s2)cc1. The molecule has 3 rings (SSSR count). The summed E-state index contributed by atoms with van der Waals surface area (Å²) in [7, 11) is -3.76. The molecule has 0 radical (unpaired) electrons. The molecule has 0 aliphatic carbocycles. The smallest absolute Gasteiger partial charge is 0.264 e. The van der Waals surface area contributed by atoms with Crippen molar-refractivity contribution in [2.24, 2.45) is 0 Å². The van der Waals surface area contributed by atoms with Gasteiger partial charge in [0.05, 0.1) is 5.75 Å². The van der Waals surface area contributed by atoms with Crippen molar-refractivity contribution in [2.45, 2.75) is 23.4 Å². The number of anilines is 1. The third-order valence-electron chi connectivity index (χ3n) is 3.89. The third kappa shape index (κ3) is 5.81. The first-order chi connectivity index (χ1) is 13.9. The lowest BCUT2D eigenvalue weighted by Crippen LogP contribution is -2.20. The third-order valence-corrected chi connectivity index (χ3v) is 6.86. The van der Waals surface area contributed by atoms with E-state index in [1.807, 2.05) is 19.1 Å². The van der Waals surface area contributed by atoms with Crippen LogP contribution in [0, 0.1) is 5.82 Å². The largest absolute Gasteiger partial charge is 0.484 e. The molecule has 0 saturated heterocycles. The Morgan fingerprint density at radius 2 is 1.72 bits per heavy atom. The zero-order valence-electron chi connectivity index (χ0n) is 15.5. The number of amides is 1. The van der Waals surface area contributed by atoms with E-state index in [1.165, 1.54) is 24.3 Å². The lowest BCUT2D eigenvalue weighted by molar-refractivity contribution is -0.118. The molecule has 29 heavy (non-hydrogen) atoms. The Bertz CT molecular complexity index is 1080. The van der Waals surface area contributed by atoms with E-state index < -0.39 is 21.6 Å². The fourth-order valence-electron chi connectivity index (χ4n) is 2.37. The Kier molecular flexibility index (Phi) is 6.55. The molecule has 1 amide bonds. The number of hydrogen-bond donors (Lipinski definition) is 1. The maximum Gasteiger partial charge on any atom is 0.264 e. The number of aryl methyl sites for hydroxylation is 1. The van der Waals surface area contributed by atoms with Gasteiger partial charge in [-0.1, -0.05) is 42.5 Å². The van der Waals surface area contributed by atoms with Crippen LogP contribution < -0.4 is 10.1 Å². The Labute approximate surface area is 171 Å². The Morgan fingerprint density at radius 1 is 1.07 bits per heavy atom. The van der Waals surface area contributed by atoms with E-state index in [1.54, 1.807) is 12.1 Å². The molecule has 1 aromatic heterocycles. The molecule has 7 nitrogen and oxygen atoms in total. The van der Waals surface area contributed by atoms with Crippen molar-refractivity contribution >= 4 is 32.2 Å².